The van der Waals surface area contributed by atoms with Crippen LogP contribution in [0.1, 0.15) is 50.8 Å². The monoisotopic (exact) mass is 151 g/mol. The van der Waals surface area contributed by atoms with Crippen molar-refractivity contribution >= 4 is 0 Å². The lowest BCUT2D eigenvalue weighted by Gasteiger charge is -1.99. The van der Waals surface area contributed by atoms with Crippen LogP contribution in [-0.2, 0) is 0 Å². The first kappa shape index (κ1) is 8.38. The second-order valence-electron chi connectivity index (χ2n) is 3.70. The highest BCUT2D eigenvalue weighted by Crippen LogP contribution is 2.19. The van der Waals surface area contributed by atoms with E-state index in [-0.39, 0.29) is 0 Å². The zero-order chi connectivity index (χ0) is 8.43. The van der Waals surface area contributed by atoms with Gasteiger partial charge in [0.15, 0.2) is 0 Å². The van der Waals surface area contributed by atoms with Gasteiger partial charge in [0.2, 0.25) is 0 Å². The minimum atomic E-state index is 0.613. The quantitative estimate of drug-likeness (QED) is 0.667. The molecule has 0 aliphatic rings. The molecule has 1 heterocycles. The molecular formula is C10H17N. The third-order valence-corrected chi connectivity index (χ3v) is 2.02. The van der Waals surface area contributed by atoms with Gasteiger partial charge in [-0.25, -0.2) is 0 Å². The van der Waals surface area contributed by atoms with E-state index in [2.05, 4.69) is 44.9 Å². The Hall–Kier alpha value is -0.720. The van der Waals surface area contributed by atoms with Gasteiger partial charge in [0.05, 0.1) is 0 Å². The molecule has 1 nitrogen and oxygen atoms in total. The molecule has 0 fully saturated rings. The average molecular weight is 151 g/mol. The third kappa shape index (κ3) is 1.86. The van der Waals surface area contributed by atoms with E-state index in [0.717, 1.165) is 0 Å². The summed E-state index contributed by atoms with van der Waals surface area (Å²) in [6.07, 6.45) is 2.11. The maximum absolute atomic E-state index is 3.29. The topological polar surface area (TPSA) is 15.8 Å². The van der Waals surface area contributed by atoms with Crippen molar-refractivity contribution in [1.82, 2.24) is 4.98 Å². The first-order valence-corrected chi connectivity index (χ1v) is 4.29. The lowest BCUT2D eigenvalue weighted by Crippen LogP contribution is -1.85. The van der Waals surface area contributed by atoms with E-state index in [1.54, 1.807) is 0 Å². The van der Waals surface area contributed by atoms with Gasteiger partial charge in [-0.1, -0.05) is 27.7 Å². The standard InChI is InChI=1S/C10H17N/c1-7(2)9-5-10(8(3)4)11-6-9/h5-8,11H,1-4H3. The molecule has 1 aromatic heterocycles. The number of H-pyrrole nitrogens is 1. The summed E-state index contributed by atoms with van der Waals surface area (Å²) in [5, 5.41) is 0. The van der Waals surface area contributed by atoms with Crippen LogP contribution in [0.25, 0.3) is 0 Å². The number of rotatable bonds is 2. The lowest BCUT2D eigenvalue weighted by molar-refractivity contribution is 0.831. The molecule has 0 amide bonds. The van der Waals surface area contributed by atoms with E-state index < -0.39 is 0 Å². The first-order chi connectivity index (χ1) is 5.11. The molecule has 1 rings (SSSR count). The Morgan fingerprint density at radius 1 is 1.09 bits per heavy atom. The van der Waals surface area contributed by atoms with E-state index in [9.17, 15) is 0 Å². The van der Waals surface area contributed by atoms with Crippen LogP contribution in [0.2, 0.25) is 0 Å². The molecule has 0 bridgehead atoms. The van der Waals surface area contributed by atoms with Crippen molar-refractivity contribution in [2.45, 2.75) is 39.5 Å². The zero-order valence-electron chi connectivity index (χ0n) is 7.81. The Labute approximate surface area is 68.8 Å². The van der Waals surface area contributed by atoms with Crippen LogP contribution in [-0.4, -0.2) is 4.98 Å². The zero-order valence-corrected chi connectivity index (χ0v) is 7.81. The van der Waals surface area contributed by atoms with E-state index in [0.29, 0.717) is 11.8 Å². The predicted molar refractivity (Wildman–Crippen MR) is 49.0 cm³/mol. The summed E-state index contributed by atoms with van der Waals surface area (Å²) in [6, 6.07) is 2.26. The van der Waals surface area contributed by atoms with Gasteiger partial charge in [0.1, 0.15) is 0 Å². The molecule has 0 unspecified atom stereocenters. The van der Waals surface area contributed by atoms with Crippen LogP contribution < -0.4 is 0 Å². The molecule has 1 heteroatoms. The van der Waals surface area contributed by atoms with Crippen molar-refractivity contribution in [2.75, 3.05) is 0 Å². The highest BCUT2D eigenvalue weighted by atomic mass is 14.7. The molecule has 0 aliphatic heterocycles. The SMILES string of the molecule is CC(C)c1c[nH]c(C(C)C)c1. The van der Waals surface area contributed by atoms with E-state index in [1.807, 2.05) is 0 Å². The fourth-order valence-corrected chi connectivity index (χ4v) is 1.10. The molecular weight excluding hydrogens is 134 g/mol. The van der Waals surface area contributed by atoms with Crippen LogP contribution in [0.15, 0.2) is 12.3 Å². The Balaban J connectivity index is 2.82. The number of aromatic amines is 1. The Bertz CT molecular complexity index is 198. The highest BCUT2D eigenvalue weighted by Gasteiger charge is 2.04. The van der Waals surface area contributed by atoms with Crippen molar-refractivity contribution in [3.8, 4) is 0 Å². The van der Waals surface area contributed by atoms with Crippen LogP contribution in [0.4, 0.5) is 0 Å². The predicted octanol–water partition coefficient (Wildman–Crippen LogP) is 3.26. The van der Waals surface area contributed by atoms with E-state index >= 15 is 0 Å². The van der Waals surface area contributed by atoms with Crippen molar-refractivity contribution in [3.05, 3.63) is 23.5 Å². The Kier molecular flexibility index (Phi) is 2.38. The smallest absolute Gasteiger partial charge is 0.0176 e. The largest absolute Gasteiger partial charge is 0.364 e. The number of aromatic nitrogens is 1. The van der Waals surface area contributed by atoms with Gasteiger partial charge in [0.25, 0.3) is 0 Å². The number of hydrogen-bond donors (Lipinski definition) is 1. The summed E-state index contributed by atoms with van der Waals surface area (Å²) < 4.78 is 0. The molecule has 0 saturated heterocycles. The second kappa shape index (κ2) is 3.12. The maximum atomic E-state index is 3.29. The fourth-order valence-electron chi connectivity index (χ4n) is 1.10. The van der Waals surface area contributed by atoms with E-state index in [4.69, 9.17) is 0 Å². The van der Waals surface area contributed by atoms with Gasteiger partial charge >= 0.3 is 0 Å². The number of hydrogen-bond acceptors (Lipinski definition) is 0. The van der Waals surface area contributed by atoms with Crippen molar-refractivity contribution in [1.29, 1.82) is 0 Å². The van der Waals surface area contributed by atoms with Gasteiger partial charge in [-0.05, 0) is 23.5 Å². The fraction of sp³-hybridized carbons (Fsp3) is 0.600. The molecule has 62 valence electrons. The van der Waals surface area contributed by atoms with Crippen molar-refractivity contribution in [2.24, 2.45) is 0 Å². The van der Waals surface area contributed by atoms with Gasteiger partial charge in [-0.2, -0.15) is 0 Å². The molecule has 0 spiro atoms. The summed E-state index contributed by atoms with van der Waals surface area (Å²) >= 11 is 0. The molecule has 1 N–H and O–H groups in total. The third-order valence-electron chi connectivity index (χ3n) is 2.02. The lowest BCUT2D eigenvalue weighted by atomic mass is 10.1. The maximum Gasteiger partial charge on any atom is 0.0176 e. The van der Waals surface area contributed by atoms with Gasteiger partial charge in [0, 0.05) is 11.9 Å². The van der Waals surface area contributed by atoms with Gasteiger partial charge in [-0.15, -0.1) is 0 Å². The summed E-state index contributed by atoms with van der Waals surface area (Å²) in [6.45, 7) is 8.84. The summed E-state index contributed by atoms with van der Waals surface area (Å²) in [4.78, 5) is 3.29. The molecule has 0 aromatic carbocycles. The summed E-state index contributed by atoms with van der Waals surface area (Å²) in [5.41, 5.74) is 2.75. The Morgan fingerprint density at radius 3 is 2.00 bits per heavy atom. The Morgan fingerprint density at radius 2 is 1.73 bits per heavy atom. The average Bonchev–Trinajstić information content (AvgIpc) is 2.33. The number of nitrogens with one attached hydrogen (secondary N) is 1. The van der Waals surface area contributed by atoms with Crippen LogP contribution in [0, 0.1) is 0 Å². The highest BCUT2D eigenvalue weighted by molar-refractivity contribution is 5.21. The minimum absolute atomic E-state index is 0.613. The molecule has 0 radical (unpaired) electrons. The van der Waals surface area contributed by atoms with Crippen LogP contribution in [0.5, 0.6) is 0 Å². The molecule has 1 aromatic rings. The molecule has 0 atom stereocenters. The summed E-state index contributed by atoms with van der Waals surface area (Å²) in [5.74, 6) is 1.25. The van der Waals surface area contributed by atoms with Crippen LogP contribution >= 0.6 is 0 Å². The van der Waals surface area contributed by atoms with E-state index in [1.165, 1.54) is 11.3 Å². The van der Waals surface area contributed by atoms with Gasteiger partial charge < -0.3 is 4.98 Å². The first-order valence-electron chi connectivity index (χ1n) is 4.29. The molecule has 0 aliphatic carbocycles. The molecule has 0 saturated carbocycles. The van der Waals surface area contributed by atoms with Crippen LogP contribution in [0.3, 0.4) is 0 Å². The van der Waals surface area contributed by atoms with Crippen molar-refractivity contribution in [3.63, 3.8) is 0 Å². The van der Waals surface area contributed by atoms with Gasteiger partial charge in [-0.3, -0.25) is 0 Å². The normalized spacial score (nSPS) is 11.5. The van der Waals surface area contributed by atoms with Crippen molar-refractivity contribution < 1.29 is 0 Å². The summed E-state index contributed by atoms with van der Waals surface area (Å²) in [7, 11) is 0. The second-order valence-corrected chi connectivity index (χ2v) is 3.70. The minimum Gasteiger partial charge on any atom is -0.364 e. The molecule has 11 heavy (non-hydrogen) atoms.